The Hall–Kier alpha value is -1.38. The highest BCUT2D eigenvalue weighted by molar-refractivity contribution is 6.40. The molecule has 0 heterocycles. The highest BCUT2D eigenvalue weighted by Gasteiger charge is 2.34. The SMILES string of the molecule is CC(=O)C(=NO)C(O)C(O)C(O)C(C)N=O. The van der Waals surface area contributed by atoms with Gasteiger partial charge < -0.3 is 20.5 Å². The molecule has 0 aliphatic heterocycles. The van der Waals surface area contributed by atoms with Crippen molar-refractivity contribution in [3.63, 3.8) is 0 Å². The second kappa shape index (κ2) is 6.26. The third-order valence-corrected chi connectivity index (χ3v) is 2.08. The van der Waals surface area contributed by atoms with Gasteiger partial charge in [0.2, 0.25) is 0 Å². The molecule has 0 saturated heterocycles. The quantitative estimate of drug-likeness (QED) is 0.194. The number of aliphatic hydroxyl groups is 3. The summed E-state index contributed by atoms with van der Waals surface area (Å²) in [6, 6.07) is -1.17. The molecule has 4 unspecified atom stereocenters. The first-order valence-electron chi connectivity index (χ1n) is 4.46. The fourth-order valence-corrected chi connectivity index (χ4v) is 1.03. The Balaban J connectivity index is 4.78. The minimum Gasteiger partial charge on any atom is -0.410 e. The first-order valence-corrected chi connectivity index (χ1v) is 4.46. The summed E-state index contributed by atoms with van der Waals surface area (Å²) in [7, 11) is 0. The minimum atomic E-state index is -1.89. The van der Waals surface area contributed by atoms with Crippen molar-refractivity contribution in [1.82, 2.24) is 0 Å². The summed E-state index contributed by atoms with van der Waals surface area (Å²) in [6.07, 6.45) is -5.40. The zero-order valence-electron chi connectivity index (χ0n) is 8.81. The smallest absolute Gasteiger partial charge is 0.180 e. The van der Waals surface area contributed by atoms with Gasteiger partial charge >= 0.3 is 0 Å². The van der Waals surface area contributed by atoms with Crippen LogP contribution in [0.3, 0.4) is 0 Å². The standard InChI is InChI=1S/C8H14N2O6/c1-3(9-15)6(12)8(14)7(13)5(10-16)4(2)11/h3,6-8,12-14,16H,1-2H3. The zero-order valence-corrected chi connectivity index (χ0v) is 8.81. The first-order chi connectivity index (χ1) is 7.36. The number of carbonyl (C=O) groups is 1. The number of aliphatic hydroxyl groups excluding tert-OH is 3. The number of hydrogen-bond donors (Lipinski definition) is 4. The summed E-state index contributed by atoms with van der Waals surface area (Å²) >= 11 is 0. The molecule has 0 aliphatic carbocycles. The maximum absolute atomic E-state index is 10.9. The van der Waals surface area contributed by atoms with Crippen molar-refractivity contribution in [2.24, 2.45) is 10.3 Å². The summed E-state index contributed by atoms with van der Waals surface area (Å²) in [5.41, 5.74) is -0.704. The third kappa shape index (κ3) is 3.33. The van der Waals surface area contributed by atoms with E-state index in [0.29, 0.717) is 0 Å². The van der Waals surface area contributed by atoms with Gasteiger partial charge in [0.05, 0.1) is 0 Å². The van der Waals surface area contributed by atoms with E-state index in [1.165, 1.54) is 6.92 Å². The lowest BCUT2D eigenvalue weighted by molar-refractivity contribution is -0.112. The average Bonchev–Trinajstić information content (AvgIpc) is 2.26. The van der Waals surface area contributed by atoms with E-state index in [4.69, 9.17) is 5.21 Å². The molecule has 0 aliphatic rings. The number of nitroso groups, excluding NO2 is 1. The molecule has 0 saturated carbocycles. The molecule has 0 radical (unpaired) electrons. The Kier molecular flexibility index (Phi) is 5.72. The molecule has 0 aromatic heterocycles. The van der Waals surface area contributed by atoms with Crippen molar-refractivity contribution in [3.8, 4) is 0 Å². The van der Waals surface area contributed by atoms with Gasteiger partial charge in [-0.2, -0.15) is 4.91 Å². The Morgan fingerprint density at radius 1 is 1.19 bits per heavy atom. The van der Waals surface area contributed by atoms with Gasteiger partial charge in [-0.05, 0) is 6.92 Å². The fraction of sp³-hybridized carbons (Fsp3) is 0.750. The third-order valence-electron chi connectivity index (χ3n) is 2.08. The van der Waals surface area contributed by atoms with E-state index in [9.17, 15) is 25.0 Å². The lowest BCUT2D eigenvalue weighted by Gasteiger charge is -2.23. The van der Waals surface area contributed by atoms with Gasteiger partial charge in [0, 0.05) is 6.92 Å². The molecule has 0 spiro atoms. The first kappa shape index (κ1) is 14.6. The van der Waals surface area contributed by atoms with Crippen molar-refractivity contribution < 1.29 is 25.3 Å². The molecule has 4 N–H and O–H groups in total. The minimum absolute atomic E-state index is 0.704. The van der Waals surface area contributed by atoms with Gasteiger partial charge in [-0.1, -0.05) is 10.3 Å². The van der Waals surface area contributed by atoms with Gasteiger partial charge in [-0.3, -0.25) is 4.79 Å². The van der Waals surface area contributed by atoms with Crippen LogP contribution in [0.5, 0.6) is 0 Å². The van der Waals surface area contributed by atoms with E-state index in [1.807, 2.05) is 0 Å². The van der Waals surface area contributed by atoms with Crippen LogP contribution < -0.4 is 0 Å². The molecule has 8 nitrogen and oxygen atoms in total. The number of Topliss-reactive ketones (excluding diaryl/α,β-unsaturated/α-hetero) is 1. The number of oxime groups is 1. The van der Waals surface area contributed by atoms with Crippen molar-refractivity contribution in [1.29, 1.82) is 0 Å². The van der Waals surface area contributed by atoms with Gasteiger partial charge in [-0.15, -0.1) is 0 Å². The normalized spacial score (nSPS) is 19.7. The lowest BCUT2D eigenvalue weighted by Crippen LogP contribution is -2.47. The Bertz CT molecular complexity index is 292. The van der Waals surface area contributed by atoms with E-state index in [-0.39, 0.29) is 0 Å². The number of rotatable bonds is 6. The van der Waals surface area contributed by atoms with Crippen LogP contribution in [0, 0.1) is 4.91 Å². The van der Waals surface area contributed by atoms with E-state index in [0.717, 1.165) is 6.92 Å². The summed E-state index contributed by atoms with van der Waals surface area (Å²) in [6.45, 7) is 2.23. The van der Waals surface area contributed by atoms with Crippen LogP contribution in [0.1, 0.15) is 13.8 Å². The number of ketones is 1. The van der Waals surface area contributed by atoms with Crippen molar-refractivity contribution >= 4 is 11.5 Å². The van der Waals surface area contributed by atoms with E-state index in [2.05, 4.69) is 10.3 Å². The predicted octanol–water partition coefficient (Wildman–Crippen LogP) is -1.36. The molecular weight excluding hydrogens is 220 g/mol. The Labute approximate surface area is 91.2 Å². The molecule has 92 valence electrons. The summed E-state index contributed by atoms with van der Waals surface area (Å²) in [5.74, 6) is -0.770. The molecule has 4 atom stereocenters. The van der Waals surface area contributed by atoms with Crippen LogP contribution in [0.4, 0.5) is 0 Å². The van der Waals surface area contributed by atoms with Crippen LogP contribution in [0.15, 0.2) is 10.3 Å². The molecule has 0 amide bonds. The van der Waals surface area contributed by atoms with E-state index in [1.54, 1.807) is 0 Å². The average molecular weight is 234 g/mol. The van der Waals surface area contributed by atoms with Crippen molar-refractivity contribution in [2.45, 2.75) is 38.2 Å². The topological polar surface area (TPSA) is 140 Å². The number of carbonyl (C=O) groups excluding carboxylic acids is 1. The zero-order chi connectivity index (χ0) is 12.9. The lowest BCUT2D eigenvalue weighted by atomic mass is 9.98. The van der Waals surface area contributed by atoms with Crippen LogP contribution in [-0.4, -0.2) is 56.4 Å². The largest absolute Gasteiger partial charge is 0.410 e. The molecule has 16 heavy (non-hydrogen) atoms. The molecule has 0 bridgehead atoms. The number of hydrogen-bond acceptors (Lipinski definition) is 8. The summed E-state index contributed by atoms with van der Waals surface area (Å²) in [5, 5.41) is 41.5. The van der Waals surface area contributed by atoms with Crippen LogP contribution in [0.2, 0.25) is 0 Å². The maximum atomic E-state index is 10.9. The number of nitrogens with zero attached hydrogens (tertiary/aromatic N) is 2. The van der Waals surface area contributed by atoms with Gasteiger partial charge in [0.1, 0.15) is 24.4 Å². The van der Waals surface area contributed by atoms with Crippen LogP contribution in [0.25, 0.3) is 0 Å². The van der Waals surface area contributed by atoms with Crippen LogP contribution in [-0.2, 0) is 4.79 Å². The highest BCUT2D eigenvalue weighted by atomic mass is 16.4. The monoisotopic (exact) mass is 234 g/mol. The highest BCUT2D eigenvalue weighted by Crippen LogP contribution is 2.09. The molecule has 8 heteroatoms. The second-order valence-electron chi connectivity index (χ2n) is 3.31. The van der Waals surface area contributed by atoms with Crippen molar-refractivity contribution in [2.75, 3.05) is 0 Å². The van der Waals surface area contributed by atoms with Gasteiger partial charge in [0.15, 0.2) is 11.5 Å². The fourth-order valence-electron chi connectivity index (χ4n) is 1.03. The summed E-state index contributed by atoms with van der Waals surface area (Å²) in [4.78, 5) is 21.0. The second-order valence-corrected chi connectivity index (χ2v) is 3.31. The van der Waals surface area contributed by atoms with E-state index >= 15 is 0 Å². The Morgan fingerprint density at radius 2 is 1.69 bits per heavy atom. The maximum Gasteiger partial charge on any atom is 0.180 e. The van der Waals surface area contributed by atoms with Gasteiger partial charge in [-0.25, -0.2) is 0 Å². The Morgan fingerprint density at radius 3 is 2.00 bits per heavy atom. The molecular formula is C8H14N2O6. The molecule has 0 fully saturated rings. The molecule has 0 aromatic carbocycles. The van der Waals surface area contributed by atoms with Gasteiger partial charge in [0.25, 0.3) is 0 Å². The summed E-state index contributed by atoms with van der Waals surface area (Å²) < 4.78 is 0. The predicted molar refractivity (Wildman–Crippen MR) is 53.2 cm³/mol. The van der Waals surface area contributed by atoms with E-state index < -0.39 is 35.8 Å². The molecule has 0 rings (SSSR count). The van der Waals surface area contributed by atoms with Crippen molar-refractivity contribution in [3.05, 3.63) is 4.91 Å². The molecule has 0 aromatic rings. The van der Waals surface area contributed by atoms with Crippen LogP contribution >= 0.6 is 0 Å².